The Morgan fingerprint density at radius 3 is 2.36 bits per heavy atom. The average Bonchev–Trinajstić information content (AvgIpc) is 2.01. The second-order valence-corrected chi connectivity index (χ2v) is 3.74. The lowest BCUT2D eigenvalue weighted by Crippen LogP contribution is -2.42. The number of hydrogen-bond donors (Lipinski definition) is 3. The van der Waals surface area contributed by atoms with E-state index in [1.807, 2.05) is 13.8 Å². The molecule has 0 radical (unpaired) electrons. The number of carbonyl (C=O) groups is 2. The molecule has 5 nitrogen and oxygen atoms in total. The highest BCUT2D eigenvalue weighted by molar-refractivity contribution is 5.82. The van der Waals surface area contributed by atoms with Crippen LogP contribution in [0.2, 0.25) is 0 Å². The molecule has 2 amide bonds. The van der Waals surface area contributed by atoms with E-state index in [1.54, 1.807) is 0 Å². The Hall–Kier alpha value is -1.10. The van der Waals surface area contributed by atoms with Gasteiger partial charge in [0.25, 0.3) is 0 Å². The molecule has 5 heteroatoms. The molecular formula is C9H19N3O2. The minimum absolute atomic E-state index is 0.153. The first-order valence-corrected chi connectivity index (χ1v) is 4.75. The number of primary amides is 1. The molecular weight excluding hydrogens is 182 g/mol. The van der Waals surface area contributed by atoms with E-state index in [0.29, 0.717) is 12.3 Å². The third-order valence-electron chi connectivity index (χ3n) is 1.73. The van der Waals surface area contributed by atoms with Gasteiger partial charge >= 0.3 is 0 Å². The SMILES string of the molecule is CC(C)C[C@H](N)C(=O)NCCC(N)=O. The number of nitrogens with one attached hydrogen (secondary N) is 1. The zero-order valence-electron chi connectivity index (χ0n) is 8.75. The fourth-order valence-electron chi connectivity index (χ4n) is 1.05. The zero-order chi connectivity index (χ0) is 11.1. The molecule has 0 aliphatic carbocycles. The molecule has 0 bridgehead atoms. The fraction of sp³-hybridized carbons (Fsp3) is 0.778. The number of rotatable bonds is 6. The molecule has 0 spiro atoms. The lowest BCUT2D eigenvalue weighted by atomic mass is 10.0. The Labute approximate surface area is 84.2 Å². The van der Waals surface area contributed by atoms with Gasteiger partial charge in [0.05, 0.1) is 6.04 Å². The van der Waals surface area contributed by atoms with Gasteiger partial charge in [0.1, 0.15) is 0 Å². The van der Waals surface area contributed by atoms with Crippen LogP contribution >= 0.6 is 0 Å². The Morgan fingerprint density at radius 2 is 1.93 bits per heavy atom. The van der Waals surface area contributed by atoms with Crippen LogP contribution in [0.15, 0.2) is 0 Å². The molecule has 0 aliphatic heterocycles. The summed E-state index contributed by atoms with van der Waals surface area (Å²) in [7, 11) is 0. The van der Waals surface area contributed by atoms with E-state index in [2.05, 4.69) is 5.32 Å². The van der Waals surface area contributed by atoms with Crippen LogP contribution in [0.25, 0.3) is 0 Å². The van der Waals surface area contributed by atoms with E-state index in [1.165, 1.54) is 0 Å². The summed E-state index contributed by atoms with van der Waals surface area (Å²) in [6.45, 7) is 4.26. The molecule has 0 rings (SSSR count). The van der Waals surface area contributed by atoms with Crippen molar-refractivity contribution in [2.24, 2.45) is 17.4 Å². The Bertz CT molecular complexity index is 204. The van der Waals surface area contributed by atoms with Crippen molar-refractivity contribution in [3.63, 3.8) is 0 Å². The van der Waals surface area contributed by atoms with Gasteiger partial charge in [-0.05, 0) is 12.3 Å². The van der Waals surface area contributed by atoms with Crippen LogP contribution in [0.3, 0.4) is 0 Å². The second kappa shape index (κ2) is 6.37. The normalized spacial score (nSPS) is 12.6. The second-order valence-electron chi connectivity index (χ2n) is 3.74. The van der Waals surface area contributed by atoms with Gasteiger partial charge in [0.15, 0.2) is 0 Å². The lowest BCUT2D eigenvalue weighted by molar-refractivity contribution is -0.123. The predicted molar refractivity (Wildman–Crippen MR) is 54.3 cm³/mol. The van der Waals surface area contributed by atoms with Crippen LogP contribution in [0, 0.1) is 5.92 Å². The standard InChI is InChI=1S/C9H19N3O2/c1-6(2)5-7(10)9(14)12-4-3-8(11)13/h6-7H,3-5,10H2,1-2H3,(H2,11,13)(H,12,14)/t7-/m0/s1. The lowest BCUT2D eigenvalue weighted by Gasteiger charge is -2.13. The maximum absolute atomic E-state index is 11.3. The van der Waals surface area contributed by atoms with Crippen molar-refractivity contribution in [1.29, 1.82) is 0 Å². The molecule has 0 aromatic rings. The summed E-state index contributed by atoms with van der Waals surface area (Å²) in [6.07, 6.45) is 0.794. The predicted octanol–water partition coefficient (Wildman–Crippen LogP) is -0.649. The van der Waals surface area contributed by atoms with E-state index in [-0.39, 0.29) is 18.9 Å². The summed E-state index contributed by atoms with van der Waals surface area (Å²) < 4.78 is 0. The monoisotopic (exact) mass is 201 g/mol. The van der Waals surface area contributed by atoms with Crippen molar-refractivity contribution in [2.75, 3.05) is 6.54 Å². The Morgan fingerprint density at radius 1 is 1.36 bits per heavy atom. The summed E-state index contributed by atoms with van der Waals surface area (Å²) in [5.41, 5.74) is 10.5. The molecule has 0 saturated carbocycles. The molecule has 1 atom stereocenters. The van der Waals surface area contributed by atoms with Crippen molar-refractivity contribution < 1.29 is 9.59 Å². The van der Waals surface area contributed by atoms with Gasteiger partial charge in [-0.15, -0.1) is 0 Å². The van der Waals surface area contributed by atoms with Gasteiger partial charge in [0, 0.05) is 13.0 Å². The first-order chi connectivity index (χ1) is 6.43. The minimum Gasteiger partial charge on any atom is -0.370 e. The van der Waals surface area contributed by atoms with E-state index in [4.69, 9.17) is 11.5 Å². The van der Waals surface area contributed by atoms with Crippen molar-refractivity contribution in [3.8, 4) is 0 Å². The molecule has 5 N–H and O–H groups in total. The summed E-state index contributed by atoms with van der Waals surface area (Å²) >= 11 is 0. The summed E-state index contributed by atoms with van der Waals surface area (Å²) in [5, 5.41) is 2.55. The largest absolute Gasteiger partial charge is 0.370 e. The quantitative estimate of drug-likeness (QED) is 0.532. The topological polar surface area (TPSA) is 98.2 Å². The van der Waals surface area contributed by atoms with Gasteiger partial charge in [-0.1, -0.05) is 13.8 Å². The van der Waals surface area contributed by atoms with Gasteiger partial charge in [-0.25, -0.2) is 0 Å². The van der Waals surface area contributed by atoms with Crippen LogP contribution in [-0.2, 0) is 9.59 Å². The molecule has 14 heavy (non-hydrogen) atoms. The summed E-state index contributed by atoms with van der Waals surface area (Å²) in [6, 6.07) is -0.497. The van der Waals surface area contributed by atoms with E-state index in [0.717, 1.165) is 0 Å². The van der Waals surface area contributed by atoms with Gasteiger partial charge < -0.3 is 16.8 Å². The highest BCUT2D eigenvalue weighted by Gasteiger charge is 2.14. The molecule has 0 aromatic heterocycles. The molecule has 0 saturated heterocycles. The smallest absolute Gasteiger partial charge is 0.236 e. The van der Waals surface area contributed by atoms with Gasteiger partial charge in [0.2, 0.25) is 11.8 Å². The third-order valence-corrected chi connectivity index (χ3v) is 1.73. The fourth-order valence-corrected chi connectivity index (χ4v) is 1.05. The summed E-state index contributed by atoms with van der Waals surface area (Å²) in [5.74, 6) is -0.269. The van der Waals surface area contributed by atoms with Crippen molar-refractivity contribution in [2.45, 2.75) is 32.7 Å². The molecule has 0 aromatic carbocycles. The van der Waals surface area contributed by atoms with Crippen LogP contribution in [-0.4, -0.2) is 24.4 Å². The molecule has 0 fully saturated rings. The molecule has 0 heterocycles. The van der Waals surface area contributed by atoms with Crippen LogP contribution < -0.4 is 16.8 Å². The zero-order valence-corrected chi connectivity index (χ0v) is 8.75. The van der Waals surface area contributed by atoms with Gasteiger partial charge in [-0.2, -0.15) is 0 Å². The molecule has 82 valence electrons. The van der Waals surface area contributed by atoms with Crippen LogP contribution in [0.1, 0.15) is 26.7 Å². The molecule has 0 aliphatic rings. The Balaban J connectivity index is 3.67. The minimum atomic E-state index is -0.497. The maximum Gasteiger partial charge on any atom is 0.236 e. The van der Waals surface area contributed by atoms with Crippen molar-refractivity contribution in [3.05, 3.63) is 0 Å². The summed E-state index contributed by atoms with van der Waals surface area (Å²) in [4.78, 5) is 21.6. The Kier molecular flexibility index (Phi) is 5.87. The third kappa shape index (κ3) is 6.42. The number of hydrogen-bond acceptors (Lipinski definition) is 3. The maximum atomic E-state index is 11.3. The van der Waals surface area contributed by atoms with Crippen molar-refractivity contribution in [1.82, 2.24) is 5.32 Å². The van der Waals surface area contributed by atoms with Crippen LogP contribution in [0.5, 0.6) is 0 Å². The number of nitrogens with two attached hydrogens (primary N) is 2. The number of carbonyl (C=O) groups excluding carboxylic acids is 2. The van der Waals surface area contributed by atoms with Gasteiger partial charge in [-0.3, -0.25) is 9.59 Å². The first-order valence-electron chi connectivity index (χ1n) is 4.75. The highest BCUT2D eigenvalue weighted by atomic mass is 16.2. The van der Waals surface area contributed by atoms with Crippen LogP contribution in [0.4, 0.5) is 0 Å². The molecule has 0 unspecified atom stereocenters. The van der Waals surface area contributed by atoms with E-state index < -0.39 is 11.9 Å². The van der Waals surface area contributed by atoms with E-state index in [9.17, 15) is 9.59 Å². The highest BCUT2D eigenvalue weighted by Crippen LogP contribution is 2.02. The number of amides is 2. The average molecular weight is 201 g/mol. The van der Waals surface area contributed by atoms with Crippen molar-refractivity contribution >= 4 is 11.8 Å². The first kappa shape index (κ1) is 12.9. The van der Waals surface area contributed by atoms with E-state index >= 15 is 0 Å².